The van der Waals surface area contributed by atoms with Crippen molar-refractivity contribution in [3.63, 3.8) is 0 Å². The van der Waals surface area contributed by atoms with Gasteiger partial charge in [-0.05, 0) is 25.0 Å². The van der Waals surface area contributed by atoms with E-state index in [0.29, 0.717) is 31.4 Å². The lowest BCUT2D eigenvalue weighted by Crippen LogP contribution is -2.26. The summed E-state index contributed by atoms with van der Waals surface area (Å²) >= 11 is 0. The first-order valence-corrected chi connectivity index (χ1v) is 6.32. The Balaban J connectivity index is 2.15. The molecule has 1 saturated carbocycles. The van der Waals surface area contributed by atoms with Crippen molar-refractivity contribution in [1.29, 1.82) is 0 Å². The van der Waals surface area contributed by atoms with Gasteiger partial charge in [-0.1, -0.05) is 0 Å². The van der Waals surface area contributed by atoms with E-state index in [-0.39, 0.29) is 11.8 Å². The van der Waals surface area contributed by atoms with E-state index in [9.17, 15) is 23.7 Å². The number of Topliss-reactive ketones (excluding diaryl/α,β-unsaturated/α-hetero) is 1. The molecule has 0 aliphatic heterocycles. The van der Waals surface area contributed by atoms with E-state index in [1.54, 1.807) is 0 Å². The Morgan fingerprint density at radius 2 is 1.95 bits per heavy atom. The summed E-state index contributed by atoms with van der Waals surface area (Å²) in [6.45, 7) is 0. The molecule has 0 aromatic heterocycles. The third kappa shape index (κ3) is 3.28. The van der Waals surface area contributed by atoms with E-state index in [1.165, 1.54) is 6.07 Å². The third-order valence-electron chi connectivity index (χ3n) is 3.37. The van der Waals surface area contributed by atoms with Gasteiger partial charge in [0.2, 0.25) is 0 Å². The van der Waals surface area contributed by atoms with E-state index in [2.05, 4.69) is 5.32 Å². The monoisotopic (exact) mass is 284 g/mol. The Kier molecular flexibility index (Phi) is 4.26. The van der Waals surface area contributed by atoms with Crippen molar-refractivity contribution >= 4 is 17.2 Å². The number of hydrogen-bond donors (Lipinski definition) is 1. The Morgan fingerprint density at radius 3 is 2.50 bits per heavy atom. The quantitative estimate of drug-likeness (QED) is 0.679. The van der Waals surface area contributed by atoms with Gasteiger partial charge in [-0.25, -0.2) is 8.78 Å². The maximum Gasteiger partial charge on any atom is 0.278 e. The van der Waals surface area contributed by atoms with Gasteiger partial charge in [-0.2, -0.15) is 0 Å². The maximum atomic E-state index is 12.8. The molecule has 0 atom stereocenters. The van der Waals surface area contributed by atoms with Crippen molar-refractivity contribution in [2.75, 3.05) is 5.32 Å². The molecule has 1 fully saturated rings. The third-order valence-corrected chi connectivity index (χ3v) is 3.37. The zero-order chi connectivity index (χ0) is 14.7. The number of anilines is 1. The summed E-state index contributed by atoms with van der Waals surface area (Å²) in [5, 5.41) is 13.7. The SMILES string of the molecule is O=C1CCC(Nc2ccc([N+](=O)[O-])c(C(F)F)c2)CC1. The predicted molar refractivity (Wildman–Crippen MR) is 68.9 cm³/mol. The number of nitro groups is 1. The van der Waals surface area contributed by atoms with Crippen molar-refractivity contribution in [1.82, 2.24) is 0 Å². The molecule has 0 radical (unpaired) electrons. The van der Waals surface area contributed by atoms with E-state index in [0.717, 1.165) is 12.1 Å². The molecule has 1 aromatic rings. The number of rotatable bonds is 4. The molecule has 0 spiro atoms. The standard InChI is InChI=1S/C13H14F2N2O3/c14-13(15)11-7-9(3-6-12(11)17(19)20)16-8-1-4-10(18)5-2-8/h3,6-8,13,16H,1-2,4-5H2. The fraction of sp³-hybridized carbons (Fsp3) is 0.462. The van der Waals surface area contributed by atoms with Crippen LogP contribution in [0.4, 0.5) is 20.2 Å². The van der Waals surface area contributed by atoms with Crippen molar-refractivity contribution in [3.8, 4) is 0 Å². The van der Waals surface area contributed by atoms with Crippen LogP contribution in [-0.4, -0.2) is 16.7 Å². The van der Waals surface area contributed by atoms with Gasteiger partial charge < -0.3 is 5.32 Å². The summed E-state index contributed by atoms with van der Waals surface area (Å²) in [5.41, 5.74) is -0.749. The van der Waals surface area contributed by atoms with Crippen LogP contribution in [0, 0.1) is 10.1 Å². The summed E-state index contributed by atoms with van der Waals surface area (Å²) < 4.78 is 25.6. The van der Waals surface area contributed by atoms with Crippen LogP contribution >= 0.6 is 0 Å². The molecule has 1 N–H and O–H groups in total. The summed E-state index contributed by atoms with van der Waals surface area (Å²) in [6.07, 6.45) is -0.636. The van der Waals surface area contributed by atoms with Crippen molar-refractivity contribution in [2.24, 2.45) is 0 Å². The first-order valence-electron chi connectivity index (χ1n) is 6.32. The van der Waals surface area contributed by atoms with Gasteiger partial charge in [0.1, 0.15) is 5.78 Å². The van der Waals surface area contributed by atoms with Gasteiger partial charge in [0.15, 0.2) is 0 Å². The molecule has 1 aliphatic rings. The second-order valence-electron chi connectivity index (χ2n) is 4.79. The smallest absolute Gasteiger partial charge is 0.278 e. The lowest BCUT2D eigenvalue weighted by molar-refractivity contribution is -0.386. The number of benzene rings is 1. The van der Waals surface area contributed by atoms with Crippen LogP contribution in [0.5, 0.6) is 0 Å². The van der Waals surface area contributed by atoms with Crippen LogP contribution in [-0.2, 0) is 4.79 Å². The first kappa shape index (κ1) is 14.4. The topological polar surface area (TPSA) is 72.2 Å². The number of ketones is 1. The van der Waals surface area contributed by atoms with Gasteiger partial charge in [0, 0.05) is 30.6 Å². The largest absolute Gasteiger partial charge is 0.382 e. The molecule has 20 heavy (non-hydrogen) atoms. The molecule has 7 heteroatoms. The van der Waals surface area contributed by atoms with Crippen LogP contribution in [0.1, 0.15) is 37.7 Å². The molecule has 2 rings (SSSR count). The normalized spacial score (nSPS) is 16.4. The molecule has 5 nitrogen and oxygen atoms in total. The molecule has 0 bridgehead atoms. The Morgan fingerprint density at radius 1 is 1.30 bits per heavy atom. The van der Waals surface area contributed by atoms with E-state index < -0.39 is 22.6 Å². The molecule has 0 unspecified atom stereocenters. The number of hydrogen-bond acceptors (Lipinski definition) is 4. The molecule has 108 valence electrons. The van der Waals surface area contributed by atoms with Gasteiger partial charge in [0.05, 0.1) is 10.5 Å². The minimum absolute atomic E-state index is 0.0414. The Labute approximate surface area is 114 Å². The number of alkyl halides is 2. The predicted octanol–water partition coefficient (Wildman–Crippen LogP) is 3.46. The summed E-state index contributed by atoms with van der Waals surface area (Å²) in [6, 6.07) is 3.65. The van der Waals surface area contributed by atoms with Crippen LogP contribution in [0.2, 0.25) is 0 Å². The zero-order valence-electron chi connectivity index (χ0n) is 10.6. The highest BCUT2D eigenvalue weighted by molar-refractivity contribution is 5.79. The van der Waals surface area contributed by atoms with Crippen molar-refractivity contribution < 1.29 is 18.5 Å². The van der Waals surface area contributed by atoms with Gasteiger partial charge in [0.25, 0.3) is 12.1 Å². The van der Waals surface area contributed by atoms with Gasteiger partial charge >= 0.3 is 0 Å². The highest BCUT2D eigenvalue weighted by Crippen LogP contribution is 2.32. The number of nitro benzene ring substituents is 1. The molecule has 0 heterocycles. The Bertz CT molecular complexity index is 524. The molecule has 1 aliphatic carbocycles. The molecule has 0 saturated heterocycles. The first-order chi connectivity index (χ1) is 9.47. The molecular formula is C13H14F2N2O3. The lowest BCUT2D eigenvalue weighted by Gasteiger charge is -2.23. The number of carbonyl (C=O) groups is 1. The summed E-state index contributed by atoms with van der Waals surface area (Å²) in [5.74, 6) is 0.208. The minimum atomic E-state index is -2.90. The van der Waals surface area contributed by atoms with Gasteiger partial charge in [-0.15, -0.1) is 0 Å². The summed E-state index contributed by atoms with van der Waals surface area (Å²) in [7, 11) is 0. The highest BCUT2D eigenvalue weighted by atomic mass is 19.3. The maximum absolute atomic E-state index is 12.8. The van der Waals surface area contributed by atoms with Crippen molar-refractivity contribution in [2.45, 2.75) is 38.2 Å². The average molecular weight is 284 g/mol. The molecular weight excluding hydrogens is 270 g/mol. The zero-order valence-corrected chi connectivity index (χ0v) is 10.6. The Hall–Kier alpha value is -2.05. The molecule has 1 aromatic carbocycles. The summed E-state index contributed by atoms with van der Waals surface area (Å²) in [4.78, 5) is 21.0. The van der Waals surface area contributed by atoms with E-state index >= 15 is 0 Å². The molecule has 0 amide bonds. The number of nitrogens with one attached hydrogen (secondary N) is 1. The number of halogens is 2. The van der Waals surface area contributed by atoms with Crippen LogP contribution in [0.15, 0.2) is 18.2 Å². The van der Waals surface area contributed by atoms with Crippen LogP contribution < -0.4 is 5.32 Å². The van der Waals surface area contributed by atoms with Gasteiger partial charge in [-0.3, -0.25) is 14.9 Å². The second kappa shape index (κ2) is 5.94. The van der Waals surface area contributed by atoms with Crippen LogP contribution in [0.3, 0.4) is 0 Å². The lowest BCUT2D eigenvalue weighted by atomic mass is 9.94. The number of nitrogens with zero attached hydrogens (tertiary/aromatic N) is 1. The highest BCUT2D eigenvalue weighted by Gasteiger charge is 2.23. The fourth-order valence-electron chi connectivity index (χ4n) is 2.31. The van der Waals surface area contributed by atoms with Crippen LogP contribution in [0.25, 0.3) is 0 Å². The number of carbonyl (C=O) groups excluding carboxylic acids is 1. The minimum Gasteiger partial charge on any atom is -0.382 e. The van der Waals surface area contributed by atoms with Crippen molar-refractivity contribution in [3.05, 3.63) is 33.9 Å². The second-order valence-corrected chi connectivity index (χ2v) is 4.79. The van der Waals surface area contributed by atoms with E-state index in [4.69, 9.17) is 0 Å². The van der Waals surface area contributed by atoms with E-state index in [1.807, 2.05) is 0 Å². The fourth-order valence-corrected chi connectivity index (χ4v) is 2.31. The average Bonchev–Trinajstić information content (AvgIpc) is 2.41.